The number of benzene rings is 3. The van der Waals surface area contributed by atoms with Crippen molar-refractivity contribution in [1.82, 2.24) is 24.4 Å². The molecule has 6 rings (SSSR count). The van der Waals surface area contributed by atoms with Crippen molar-refractivity contribution in [3.05, 3.63) is 108 Å². The molecule has 1 N–H and O–H groups in total. The first-order chi connectivity index (χ1) is 25.0. The molecular formula is C40H48N6O5. The van der Waals surface area contributed by atoms with Crippen molar-refractivity contribution in [3.63, 3.8) is 0 Å². The number of hydrogen-bond acceptors (Lipinski definition) is 9. The predicted molar refractivity (Wildman–Crippen MR) is 198 cm³/mol. The molecule has 1 aliphatic rings. The molecule has 3 atom stereocenters. The number of ether oxygens (including phenoxy) is 4. The number of aromatic nitrogens is 4. The fraction of sp³-hybridized carbons (Fsp3) is 0.400. The molecule has 0 radical (unpaired) electrons. The molecular weight excluding hydrogens is 644 g/mol. The Hall–Kier alpha value is -4.84. The molecule has 1 aliphatic heterocycles. The topological polar surface area (TPSA) is 116 Å². The number of unbranched alkanes of at least 4 members (excludes halogenated alkanes) is 2. The second-order valence-electron chi connectivity index (χ2n) is 12.8. The molecule has 1 fully saturated rings. The van der Waals surface area contributed by atoms with Crippen LogP contribution in [0.1, 0.15) is 68.9 Å². The summed E-state index contributed by atoms with van der Waals surface area (Å²) in [7, 11) is 3.30. The SMILES string of the molecule is CCCCN(C=Nc1ncnc2c1ncn2[C@H]1C[C@H](O)[C@@H](COC(c2ccccc2)(c2ccc(OC)cc2)c2ccc(OC)cc2)O1)CCCC. The number of methoxy groups -OCH3 is 2. The van der Waals surface area contributed by atoms with E-state index in [1.54, 1.807) is 20.5 Å². The number of aliphatic imine (C=N–C) groups is 1. The zero-order chi connectivity index (χ0) is 35.6. The molecule has 0 aliphatic carbocycles. The lowest BCUT2D eigenvalue weighted by Gasteiger charge is -2.37. The highest BCUT2D eigenvalue weighted by atomic mass is 16.6. The minimum absolute atomic E-state index is 0.104. The Kier molecular flexibility index (Phi) is 11.9. The number of nitrogens with zero attached hydrogens (tertiary/aromatic N) is 6. The van der Waals surface area contributed by atoms with Crippen LogP contribution in [0.3, 0.4) is 0 Å². The van der Waals surface area contributed by atoms with Gasteiger partial charge in [0.05, 0.1) is 39.6 Å². The molecule has 3 aromatic carbocycles. The first-order valence-corrected chi connectivity index (χ1v) is 17.8. The summed E-state index contributed by atoms with van der Waals surface area (Å²) in [5, 5.41) is 11.4. The monoisotopic (exact) mass is 692 g/mol. The zero-order valence-electron chi connectivity index (χ0n) is 29.9. The maximum Gasteiger partial charge on any atom is 0.184 e. The molecule has 0 amide bonds. The summed E-state index contributed by atoms with van der Waals surface area (Å²) >= 11 is 0. The van der Waals surface area contributed by atoms with Crippen LogP contribution in [0.5, 0.6) is 11.5 Å². The number of fused-ring (bicyclic) bond motifs is 1. The summed E-state index contributed by atoms with van der Waals surface area (Å²) in [5.74, 6) is 1.98. The molecule has 0 unspecified atom stereocenters. The minimum atomic E-state index is -1.04. The fourth-order valence-electron chi connectivity index (χ4n) is 6.55. The number of aliphatic hydroxyl groups excluding tert-OH is 1. The number of hydrogen-bond donors (Lipinski definition) is 1. The van der Waals surface area contributed by atoms with Crippen molar-refractivity contribution < 1.29 is 24.1 Å². The van der Waals surface area contributed by atoms with E-state index in [0.29, 0.717) is 23.4 Å². The van der Waals surface area contributed by atoms with Crippen molar-refractivity contribution in [2.24, 2.45) is 4.99 Å². The highest BCUT2D eigenvalue weighted by molar-refractivity contribution is 5.83. The molecule has 268 valence electrons. The van der Waals surface area contributed by atoms with Crippen molar-refractivity contribution in [3.8, 4) is 11.5 Å². The Bertz CT molecular complexity index is 1790. The molecule has 0 bridgehead atoms. The normalized spacial score (nSPS) is 17.7. The van der Waals surface area contributed by atoms with Crippen molar-refractivity contribution >= 4 is 23.3 Å². The predicted octanol–water partition coefficient (Wildman–Crippen LogP) is 7.06. The van der Waals surface area contributed by atoms with Crippen LogP contribution in [0.2, 0.25) is 0 Å². The van der Waals surface area contributed by atoms with Gasteiger partial charge in [-0.1, -0.05) is 81.3 Å². The van der Waals surface area contributed by atoms with Crippen LogP contribution < -0.4 is 9.47 Å². The molecule has 1 saturated heterocycles. The van der Waals surface area contributed by atoms with E-state index in [1.165, 1.54) is 6.33 Å². The van der Waals surface area contributed by atoms with E-state index in [4.69, 9.17) is 23.9 Å². The molecule has 51 heavy (non-hydrogen) atoms. The highest BCUT2D eigenvalue weighted by Crippen LogP contribution is 2.43. The minimum Gasteiger partial charge on any atom is -0.497 e. The Labute approximate surface area is 299 Å². The molecule has 0 spiro atoms. The molecule has 0 saturated carbocycles. The van der Waals surface area contributed by atoms with Gasteiger partial charge in [0.2, 0.25) is 0 Å². The van der Waals surface area contributed by atoms with Gasteiger partial charge in [0.1, 0.15) is 35.8 Å². The van der Waals surface area contributed by atoms with Crippen molar-refractivity contribution in [2.45, 2.75) is 70.0 Å². The molecule has 11 nitrogen and oxygen atoms in total. The summed E-state index contributed by atoms with van der Waals surface area (Å²) in [6, 6.07) is 25.8. The summed E-state index contributed by atoms with van der Waals surface area (Å²) in [6.07, 6.45) is 7.91. The Morgan fingerprint density at radius 3 is 2.06 bits per heavy atom. The third-order valence-electron chi connectivity index (χ3n) is 9.43. The van der Waals surface area contributed by atoms with Gasteiger partial charge >= 0.3 is 0 Å². The fourth-order valence-corrected chi connectivity index (χ4v) is 6.55. The van der Waals surface area contributed by atoms with Gasteiger partial charge in [-0.2, -0.15) is 0 Å². The largest absolute Gasteiger partial charge is 0.497 e. The van der Waals surface area contributed by atoms with E-state index in [0.717, 1.165) is 67.0 Å². The van der Waals surface area contributed by atoms with E-state index >= 15 is 0 Å². The van der Waals surface area contributed by atoms with Crippen LogP contribution >= 0.6 is 0 Å². The molecule has 3 heterocycles. The van der Waals surface area contributed by atoms with Gasteiger partial charge in [0.15, 0.2) is 17.0 Å². The third-order valence-corrected chi connectivity index (χ3v) is 9.43. The first kappa shape index (κ1) is 36.0. The summed E-state index contributed by atoms with van der Waals surface area (Å²) in [6.45, 7) is 6.38. The van der Waals surface area contributed by atoms with Gasteiger partial charge < -0.3 is 29.0 Å². The maximum atomic E-state index is 11.4. The van der Waals surface area contributed by atoms with Gasteiger partial charge in [0, 0.05) is 19.5 Å². The second kappa shape index (κ2) is 16.9. The van der Waals surface area contributed by atoms with E-state index in [-0.39, 0.29) is 6.61 Å². The third kappa shape index (κ3) is 7.90. The first-order valence-electron chi connectivity index (χ1n) is 17.8. The summed E-state index contributed by atoms with van der Waals surface area (Å²) < 4.78 is 26.4. The summed E-state index contributed by atoms with van der Waals surface area (Å²) in [4.78, 5) is 20.6. The van der Waals surface area contributed by atoms with Gasteiger partial charge in [0.25, 0.3) is 0 Å². The van der Waals surface area contributed by atoms with Crippen LogP contribution in [-0.2, 0) is 15.1 Å². The lowest BCUT2D eigenvalue weighted by atomic mass is 9.80. The van der Waals surface area contributed by atoms with Crippen LogP contribution in [0.15, 0.2) is 96.5 Å². The number of imidazole rings is 1. The molecule has 11 heteroatoms. The Morgan fingerprint density at radius 1 is 0.863 bits per heavy atom. The maximum absolute atomic E-state index is 11.4. The lowest BCUT2D eigenvalue weighted by Crippen LogP contribution is -2.38. The van der Waals surface area contributed by atoms with E-state index in [1.807, 2.05) is 89.8 Å². The zero-order valence-corrected chi connectivity index (χ0v) is 29.9. The van der Waals surface area contributed by atoms with Crippen LogP contribution in [0.25, 0.3) is 11.2 Å². The van der Waals surface area contributed by atoms with Crippen molar-refractivity contribution in [2.75, 3.05) is 33.9 Å². The average Bonchev–Trinajstić information content (AvgIpc) is 3.79. The number of aliphatic hydroxyl groups is 1. The van der Waals surface area contributed by atoms with Crippen LogP contribution in [0.4, 0.5) is 5.82 Å². The number of rotatable bonds is 17. The Morgan fingerprint density at radius 2 is 1.47 bits per heavy atom. The van der Waals surface area contributed by atoms with E-state index in [2.05, 4.69) is 33.7 Å². The smallest absolute Gasteiger partial charge is 0.184 e. The molecule has 5 aromatic rings. The van der Waals surface area contributed by atoms with Crippen LogP contribution in [-0.4, -0.2) is 82.0 Å². The second-order valence-corrected chi connectivity index (χ2v) is 12.8. The van der Waals surface area contributed by atoms with E-state index in [9.17, 15) is 5.11 Å². The van der Waals surface area contributed by atoms with E-state index < -0.39 is 24.0 Å². The van der Waals surface area contributed by atoms with Crippen molar-refractivity contribution in [1.29, 1.82) is 0 Å². The molecule has 2 aromatic heterocycles. The van der Waals surface area contributed by atoms with Gasteiger partial charge in [-0.3, -0.25) is 4.57 Å². The average molecular weight is 693 g/mol. The van der Waals surface area contributed by atoms with Crippen LogP contribution in [0, 0.1) is 0 Å². The standard InChI is InChI=1S/C40H48N6O5/c1-5-7-22-45(23-8-6-2)27-44-38-37-39(42-26-41-38)46(28-43-37)36-24-34(47)35(51-36)25-50-40(29-12-10-9-11-13-29,30-14-18-32(48-3)19-15-30)31-16-20-33(49-4)21-17-31/h9-21,26-28,34-36,47H,5-8,22-25H2,1-4H3/t34-,35+,36+/m0/s1. The van der Waals surface area contributed by atoms with Gasteiger partial charge in [-0.05, 0) is 53.8 Å². The highest BCUT2D eigenvalue weighted by Gasteiger charge is 2.42. The van der Waals surface area contributed by atoms with Gasteiger partial charge in [-0.25, -0.2) is 19.9 Å². The Balaban J connectivity index is 1.27. The summed E-state index contributed by atoms with van der Waals surface area (Å²) in [5.41, 5.74) is 2.87. The van der Waals surface area contributed by atoms with Gasteiger partial charge in [-0.15, -0.1) is 0 Å². The lowest BCUT2D eigenvalue weighted by molar-refractivity contribution is -0.0931. The quantitative estimate of drug-likeness (QED) is 0.0621.